The molecule has 0 bridgehead atoms. The van der Waals surface area contributed by atoms with Gasteiger partial charge in [0.2, 0.25) is 5.91 Å². The van der Waals surface area contributed by atoms with E-state index in [4.69, 9.17) is 6.85 Å². The van der Waals surface area contributed by atoms with Gasteiger partial charge in [0.05, 0.1) is 18.1 Å². The molecule has 1 fully saturated rings. The molecule has 0 spiro atoms. The van der Waals surface area contributed by atoms with E-state index in [1.165, 1.54) is 28.0 Å². The Balaban J connectivity index is 1.79. The van der Waals surface area contributed by atoms with Crippen LogP contribution in [0.25, 0.3) is 0 Å². The predicted molar refractivity (Wildman–Crippen MR) is 117 cm³/mol. The van der Waals surface area contributed by atoms with Crippen LogP contribution in [0.4, 0.5) is 0 Å². The number of carbonyl (C=O) groups excluding carboxylic acids is 1. The van der Waals surface area contributed by atoms with Crippen molar-refractivity contribution in [2.75, 3.05) is 18.8 Å². The van der Waals surface area contributed by atoms with E-state index in [9.17, 15) is 24.6 Å². The Bertz CT molecular complexity index is 1090. The van der Waals surface area contributed by atoms with Gasteiger partial charge >= 0.3 is 11.9 Å². The molecule has 1 saturated heterocycles. The summed E-state index contributed by atoms with van der Waals surface area (Å²) in [5, 5.41) is 23.6. The maximum atomic E-state index is 13.1. The van der Waals surface area contributed by atoms with Crippen molar-refractivity contribution in [3.63, 3.8) is 0 Å². The fourth-order valence-electron chi connectivity index (χ4n) is 3.13. The zero-order chi connectivity index (χ0) is 25.9. The smallest absolute Gasteiger partial charge is 0.323 e. The van der Waals surface area contributed by atoms with E-state index in [0.29, 0.717) is 0 Å². The molecule has 1 aliphatic rings. The van der Waals surface area contributed by atoms with Crippen LogP contribution in [0.3, 0.4) is 0 Å². The molecule has 3 N–H and O–H groups in total. The second kappa shape index (κ2) is 10.6. The van der Waals surface area contributed by atoms with Gasteiger partial charge < -0.3 is 15.1 Å². The Morgan fingerprint density at radius 3 is 2.70 bits per heavy atom. The van der Waals surface area contributed by atoms with E-state index < -0.39 is 66.7 Å². The Hall–Kier alpha value is -2.36. The minimum atomic E-state index is -1.26. The number of nitrogens with zero attached hydrogens (tertiary/aromatic N) is 1. The van der Waals surface area contributed by atoms with Crippen LogP contribution in [0.2, 0.25) is 0 Å². The van der Waals surface area contributed by atoms with Crippen LogP contribution >= 0.6 is 23.1 Å². The van der Waals surface area contributed by atoms with E-state index in [2.05, 4.69) is 5.32 Å². The number of carboxylic acids is 2. The molecule has 3 atom stereocenters. The number of benzene rings is 1. The highest BCUT2D eigenvalue weighted by molar-refractivity contribution is 7.99. The van der Waals surface area contributed by atoms with Gasteiger partial charge in [-0.15, -0.1) is 23.1 Å². The Kier molecular flexibility index (Phi) is 5.78. The lowest BCUT2D eigenvalue weighted by atomic mass is 10.0. The van der Waals surface area contributed by atoms with Gasteiger partial charge in [-0.25, -0.2) is 0 Å². The summed E-state index contributed by atoms with van der Waals surface area (Å²) in [6.45, 7) is -0.339. The number of carbonyl (C=O) groups is 3. The van der Waals surface area contributed by atoms with Crippen molar-refractivity contribution >= 4 is 40.9 Å². The number of nitrogens with one attached hydrogen (secondary N) is 1. The predicted octanol–water partition coefficient (Wildman–Crippen LogP) is 2.49. The van der Waals surface area contributed by atoms with Crippen LogP contribution in [0.5, 0.6) is 0 Å². The first-order valence-electron chi connectivity index (χ1n) is 11.7. The molecule has 2 aromatic rings. The van der Waals surface area contributed by atoms with Crippen molar-refractivity contribution in [1.82, 2.24) is 10.2 Å². The van der Waals surface area contributed by atoms with Crippen molar-refractivity contribution in [3.8, 4) is 0 Å². The van der Waals surface area contributed by atoms with Gasteiger partial charge in [0, 0.05) is 17.2 Å². The molecule has 1 aromatic carbocycles. The first-order valence-corrected chi connectivity index (χ1v) is 11.1. The third kappa shape index (κ3) is 6.07. The zero-order valence-electron chi connectivity index (χ0n) is 20.9. The fraction of sp³-hybridized carbons (Fsp3) is 0.381. The van der Waals surface area contributed by atoms with E-state index in [0.717, 1.165) is 4.88 Å². The summed E-state index contributed by atoms with van der Waals surface area (Å²) in [4.78, 5) is 38.7. The van der Waals surface area contributed by atoms with Gasteiger partial charge in [0.1, 0.15) is 12.6 Å². The van der Waals surface area contributed by atoms with E-state index in [-0.39, 0.29) is 36.0 Å². The Morgan fingerprint density at radius 2 is 2.07 bits per heavy atom. The third-order valence-electron chi connectivity index (χ3n) is 4.58. The molecule has 0 saturated carbocycles. The van der Waals surface area contributed by atoms with Gasteiger partial charge in [-0.2, -0.15) is 0 Å². The Labute approximate surface area is 190 Å². The van der Waals surface area contributed by atoms with Crippen molar-refractivity contribution in [1.29, 1.82) is 0 Å². The van der Waals surface area contributed by atoms with Gasteiger partial charge in [0.25, 0.3) is 0 Å². The van der Waals surface area contributed by atoms with Crippen LogP contribution in [-0.4, -0.2) is 63.9 Å². The van der Waals surface area contributed by atoms with Crippen molar-refractivity contribution < 1.29 is 31.5 Å². The monoisotopic (exact) mass is 453 g/mol. The summed E-state index contributed by atoms with van der Waals surface area (Å²) in [6.07, 6.45) is -0.255. The maximum absolute atomic E-state index is 13.1. The average molecular weight is 454 g/mol. The van der Waals surface area contributed by atoms with Crippen molar-refractivity contribution in [3.05, 3.63) is 58.2 Å². The number of aliphatic carboxylic acids is 2. The number of thioether (sulfide) groups is 1. The maximum Gasteiger partial charge on any atom is 0.323 e. The number of amides is 1. The first-order chi connectivity index (χ1) is 16.5. The highest BCUT2D eigenvalue weighted by atomic mass is 32.2. The summed E-state index contributed by atoms with van der Waals surface area (Å²) in [5.74, 6) is -2.74. The number of thiophene rings is 1. The fourth-order valence-corrected chi connectivity index (χ4v) is 5.39. The standard InChI is InChI=1S/C21H24N2O5S2/c24-19(25)12-23-11-18(17-7-4-10-29-17)30-13-16(20(23)26)22-15(21(27)28)9-8-14-5-2-1-3-6-14/h1-7,10,15-16,18,22H,8-9,11-13H2,(H,24,25)(H,27,28)/t15?,16-,18-/m0/s1/i1D,2D,3D,5D,6D. The van der Waals surface area contributed by atoms with E-state index in [1.807, 2.05) is 17.5 Å². The second-order valence-electron chi connectivity index (χ2n) is 6.70. The lowest BCUT2D eigenvalue weighted by molar-refractivity contribution is -0.146. The first kappa shape index (κ1) is 16.3. The van der Waals surface area contributed by atoms with Gasteiger partial charge in [-0.1, -0.05) is 36.3 Å². The minimum Gasteiger partial charge on any atom is -0.480 e. The highest BCUT2D eigenvalue weighted by Crippen LogP contribution is 2.35. The zero-order valence-corrected chi connectivity index (χ0v) is 17.5. The Morgan fingerprint density at radius 1 is 1.30 bits per heavy atom. The molecule has 1 amide bonds. The van der Waals surface area contributed by atoms with Gasteiger partial charge in [-0.3, -0.25) is 19.7 Å². The minimum absolute atomic E-state index is 0.00381. The molecule has 7 nitrogen and oxygen atoms in total. The lowest BCUT2D eigenvalue weighted by Gasteiger charge is -2.26. The van der Waals surface area contributed by atoms with Gasteiger partial charge in [-0.05, 0) is 29.9 Å². The largest absolute Gasteiger partial charge is 0.480 e. The molecule has 3 rings (SSSR count). The summed E-state index contributed by atoms with van der Waals surface area (Å²) in [6, 6.07) is -0.779. The van der Waals surface area contributed by atoms with Crippen LogP contribution < -0.4 is 5.32 Å². The molecule has 30 heavy (non-hydrogen) atoms. The number of hydrogen-bond donors (Lipinski definition) is 3. The van der Waals surface area contributed by atoms with Gasteiger partial charge in [0.15, 0.2) is 0 Å². The molecule has 2 heterocycles. The van der Waals surface area contributed by atoms with Crippen LogP contribution in [0, 0.1) is 0 Å². The van der Waals surface area contributed by atoms with E-state index >= 15 is 0 Å². The normalized spacial score (nSPS) is 22.9. The molecule has 0 aliphatic carbocycles. The van der Waals surface area contributed by atoms with Crippen LogP contribution in [-0.2, 0) is 20.8 Å². The quantitative estimate of drug-likeness (QED) is 0.535. The summed E-state index contributed by atoms with van der Waals surface area (Å²) in [7, 11) is 0. The molecular weight excluding hydrogens is 424 g/mol. The number of hydrogen-bond acceptors (Lipinski definition) is 6. The molecule has 1 aliphatic heterocycles. The number of rotatable bonds is 9. The lowest BCUT2D eigenvalue weighted by Crippen LogP contribution is -2.53. The van der Waals surface area contributed by atoms with Crippen LogP contribution in [0.15, 0.2) is 47.7 Å². The van der Waals surface area contributed by atoms with Crippen LogP contribution in [0.1, 0.15) is 29.0 Å². The summed E-state index contributed by atoms with van der Waals surface area (Å²) < 4.78 is 39.3. The average Bonchev–Trinajstić information content (AvgIpc) is 3.30. The topological polar surface area (TPSA) is 107 Å². The van der Waals surface area contributed by atoms with Crippen molar-refractivity contribution in [2.24, 2.45) is 0 Å². The molecular formula is C21H24N2O5S2. The molecule has 9 heteroatoms. The SMILES string of the molecule is [2H]c1c([2H])c([2H])c(CCC(N[C@H]2CS[C@H](c3cccs3)CN(CC(=O)O)C2=O)C(=O)O)c([2H])c1[2H]. The van der Waals surface area contributed by atoms with E-state index in [1.54, 1.807) is 0 Å². The molecule has 1 unspecified atom stereocenters. The molecule has 1 aromatic heterocycles. The molecule has 160 valence electrons. The molecule has 0 radical (unpaired) electrons. The van der Waals surface area contributed by atoms with Crippen molar-refractivity contribution in [2.45, 2.75) is 30.2 Å². The summed E-state index contributed by atoms with van der Waals surface area (Å²) in [5.41, 5.74) is -0.00381. The second-order valence-corrected chi connectivity index (χ2v) is 8.92. The highest BCUT2D eigenvalue weighted by Gasteiger charge is 2.35. The number of carboxylic acid groups (broad SMARTS) is 2. The third-order valence-corrected chi connectivity index (χ3v) is 7.05. The summed E-state index contributed by atoms with van der Waals surface area (Å²) >= 11 is 2.92.